The summed E-state index contributed by atoms with van der Waals surface area (Å²) in [7, 11) is 0. The third-order valence-corrected chi connectivity index (χ3v) is 1.79. The van der Waals surface area contributed by atoms with E-state index in [0.29, 0.717) is 0 Å². The van der Waals surface area contributed by atoms with E-state index in [1.54, 1.807) is 0 Å². The van der Waals surface area contributed by atoms with Crippen LogP contribution in [0.25, 0.3) is 0 Å². The molecule has 0 aromatic carbocycles. The Balaban J connectivity index is -0.000000372. The number of hydrogen-bond donors (Lipinski definition) is 0. The van der Waals surface area contributed by atoms with Crippen LogP contribution in [0.2, 0.25) is 0 Å². The van der Waals surface area contributed by atoms with Gasteiger partial charge in [-0.15, -0.1) is 12.4 Å². The van der Waals surface area contributed by atoms with Crippen LogP contribution in [0.5, 0.6) is 0 Å². The van der Waals surface area contributed by atoms with E-state index in [9.17, 15) is 0 Å². The quantitative estimate of drug-likeness (QED) is 0.333. The van der Waals surface area contributed by atoms with Crippen molar-refractivity contribution in [1.29, 1.82) is 0 Å². The average Bonchev–Trinajstić information content (AvgIpc) is 2.27. The fourth-order valence-electron chi connectivity index (χ4n) is 0.803. The summed E-state index contributed by atoms with van der Waals surface area (Å²) < 4.78 is 0. The Kier molecular flexibility index (Phi) is 13.6. The van der Waals surface area contributed by atoms with Crippen molar-refractivity contribution in [3.63, 3.8) is 0 Å². The number of aliphatic imine (C=N–C) groups is 4. The molecule has 0 aliphatic rings. The molecular weight excluding hydrogens is 355 g/mol. The molecule has 0 spiro atoms. The molecule has 0 fully saturated rings. The Morgan fingerprint density at radius 2 is 0.760 bits per heavy atom. The van der Waals surface area contributed by atoms with Crippen molar-refractivity contribution in [2.24, 2.45) is 30.8 Å². The van der Waals surface area contributed by atoms with Crippen molar-refractivity contribution >= 4 is 25.1 Å². The summed E-state index contributed by atoms with van der Waals surface area (Å²) in [6.07, 6.45) is 9.05. The van der Waals surface area contributed by atoms with Gasteiger partial charge in [0.05, 0.1) is 0 Å². The Morgan fingerprint density at radius 3 is 0.920 bits per heavy atom. The summed E-state index contributed by atoms with van der Waals surface area (Å²) in [4.78, 5) is 16.2. The first kappa shape index (κ1) is 29.0. The van der Waals surface area contributed by atoms with Crippen LogP contribution in [0.4, 0.5) is 0 Å². The molecule has 0 rings (SSSR count). The van der Waals surface area contributed by atoms with Crippen molar-refractivity contribution in [3.05, 3.63) is 0 Å². The van der Waals surface area contributed by atoms with E-state index in [2.05, 4.69) is 74.2 Å². The van der Waals surface area contributed by atoms with Gasteiger partial charge in [-0.2, -0.15) is 0 Å². The molecule has 25 heavy (non-hydrogen) atoms. The third-order valence-electron chi connectivity index (χ3n) is 1.79. The minimum Gasteiger partial charge on any atom is -0.443 e. The third kappa shape index (κ3) is 35.2. The van der Waals surface area contributed by atoms with Crippen LogP contribution in [0.15, 0.2) is 20.0 Å². The van der Waals surface area contributed by atoms with Crippen LogP contribution < -0.4 is 0 Å². The molecule has 0 N–H and O–H groups in total. The summed E-state index contributed by atoms with van der Waals surface area (Å²) >= 11 is 0. The first-order valence-corrected chi connectivity index (χ1v) is 8.44. The van der Waals surface area contributed by atoms with E-state index < -0.39 is 0 Å². The van der Waals surface area contributed by atoms with Gasteiger partial charge in [-0.25, -0.2) is 0 Å². The number of nitrogens with zero attached hydrogens (tertiary/aromatic N) is 4. The molecule has 1 radical (unpaired) electrons. The summed E-state index contributed by atoms with van der Waals surface area (Å²) in [5, 5.41) is 0. The number of rotatable bonds is 2. The SMILES string of the molecule is CC(C)(C)C=N[C-]=NC(C)(C)C.CC(C)(C)C=N[C-]=NC(C)(C)C.[Co+2]. The van der Waals surface area contributed by atoms with Gasteiger partial charge < -0.3 is 20.0 Å². The molecule has 0 atom stereocenters. The van der Waals surface area contributed by atoms with Gasteiger partial charge >= 0.3 is 16.8 Å². The second-order valence-electron chi connectivity index (χ2n) is 10.0. The van der Waals surface area contributed by atoms with Gasteiger partial charge in [-0.3, -0.25) is 0 Å². The number of hydrogen-bond acceptors (Lipinski definition) is 2. The van der Waals surface area contributed by atoms with Gasteiger partial charge in [0.25, 0.3) is 0 Å². The monoisotopic (exact) mass is 393 g/mol. The molecule has 0 saturated heterocycles. The Bertz CT molecular complexity index is 360. The Labute approximate surface area is 167 Å². The van der Waals surface area contributed by atoms with Gasteiger partial charge in [-0.1, -0.05) is 65.0 Å². The molecule has 0 unspecified atom stereocenters. The molecule has 4 nitrogen and oxygen atoms in total. The Hall–Kier alpha value is -0.814. The summed E-state index contributed by atoms with van der Waals surface area (Å²) in [5.41, 5.74) is 0.0747. The second kappa shape index (κ2) is 11.7. The molecule has 0 saturated carbocycles. The van der Waals surface area contributed by atoms with Crippen LogP contribution in [-0.4, -0.2) is 36.2 Å². The van der Waals surface area contributed by atoms with E-state index in [1.165, 1.54) is 0 Å². The fraction of sp³-hybridized carbons (Fsp3) is 0.800. The van der Waals surface area contributed by atoms with Crippen molar-refractivity contribution in [2.45, 2.75) is 94.2 Å². The van der Waals surface area contributed by atoms with Gasteiger partial charge in [0.1, 0.15) is 0 Å². The first-order valence-electron chi connectivity index (χ1n) is 8.44. The second-order valence-corrected chi connectivity index (χ2v) is 10.0. The molecule has 147 valence electrons. The molecule has 0 bridgehead atoms. The Morgan fingerprint density at radius 1 is 0.520 bits per heavy atom. The summed E-state index contributed by atoms with van der Waals surface area (Å²) in [6, 6.07) is 0. The van der Waals surface area contributed by atoms with Crippen molar-refractivity contribution in [3.8, 4) is 0 Å². The smallest absolute Gasteiger partial charge is 0.443 e. The molecule has 5 heteroatoms. The zero-order valence-corrected chi connectivity index (χ0v) is 19.3. The van der Waals surface area contributed by atoms with Gasteiger partial charge in [0.2, 0.25) is 0 Å². The molecule has 0 aromatic rings. The average molecular weight is 393 g/mol. The fourth-order valence-corrected chi connectivity index (χ4v) is 0.803. The molecule has 0 aromatic heterocycles. The zero-order chi connectivity index (χ0) is 19.7. The molecule has 0 heterocycles. The minimum atomic E-state index is -0.0742. The van der Waals surface area contributed by atoms with Gasteiger partial charge in [-0.05, 0) is 41.5 Å². The van der Waals surface area contributed by atoms with E-state index in [0.717, 1.165) is 0 Å². The van der Waals surface area contributed by atoms with E-state index in [1.807, 2.05) is 54.0 Å². The van der Waals surface area contributed by atoms with Crippen LogP contribution >= 0.6 is 0 Å². The largest absolute Gasteiger partial charge is 2.00 e. The van der Waals surface area contributed by atoms with Crippen molar-refractivity contribution in [2.75, 3.05) is 0 Å². The minimum absolute atomic E-state index is 0. The maximum atomic E-state index is 4.11. The van der Waals surface area contributed by atoms with Crippen molar-refractivity contribution < 1.29 is 16.8 Å². The van der Waals surface area contributed by atoms with Crippen LogP contribution in [0.3, 0.4) is 0 Å². The molecule has 0 amide bonds. The van der Waals surface area contributed by atoms with Crippen LogP contribution in [0.1, 0.15) is 83.1 Å². The van der Waals surface area contributed by atoms with Gasteiger partial charge in [0.15, 0.2) is 0 Å². The topological polar surface area (TPSA) is 49.4 Å². The van der Waals surface area contributed by atoms with E-state index in [-0.39, 0.29) is 38.7 Å². The standard InChI is InChI=1S/2C10H19N2.Co/c2*1-9(2,3)7-11-8-12-10(4,5)6;/h2*7H,1-6H3;/q2*-1;+2. The van der Waals surface area contributed by atoms with Crippen molar-refractivity contribution in [1.82, 2.24) is 0 Å². The molecule has 0 aliphatic carbocycles. The normalized spacial score (nSPS) is 14.2. The van der Waals surface area contributed by atoms with Gasteiger partial charge in [0, 0.05) is 11.1 Å². The van der Waals surface area contributed by atoms with E-state index in [4.69, 9.17) is 0 Å². The predicted molar refractivity (Wildman–Crippen MR) is 110 cm³/mol. The molecule has 0 aliphatic heterocycles. The zero-order valence-electron chi connectivity index (χ0n) is 18.3. The maximum Gasteiger partial charge on any atom is 2.00 e. The van der Waals surface area contributed by atoms with Crippen LogP contribution in [-0.2, 0) is 16.8 Å². The molecular formula is C20H38CoN4. The van der Waals surface area contributed by atoms with Crippen LogP contribution in [0, 0.1) is 10.8 Å². The predicted octanol–water partition coefficient (Wildman–Crippen LogP) is 5.61. The summed E-state index contributed by atoms with van der Waals surface area (Å²) in [6.45, 7) is 24.7. The first-order chi connectivity index (χ1) is 10.4. The summed E-state index contributed by atoms with van der Waals surface area (Å²) in [5.74, 6) is 0. The van der Waals surface area contributed by atoms with E-state index >= 15 is 0 Å². The maximum absolute atomic E-state index is 4.11.